The van der Waals surface area contributed by atoms with Gasteiger partial charge in [0.05, 0.1) is 11.6 Å². The van der Waals surface area contributed by atoms with Crippen molar-refractivity contribution < 1.29 is 0 Å². The molecular weight excluding hydrogens is 290 g/mol. The number of hydrogen-bond donors (Lipinski definition) is 0. The van der Waals surface area contributed by atoms with E-state index in [9.17, 15) is 0 Å². The lowest BCUT2D eigenvalue weighted by Crippen LogP contribution is -2.07. The lowest BCUT2D eigenvalue weighted by molar-refractivity contribution is 0.454. The lowest BCUT2D eigenvalue weighted by atomic mass is 9.84. The molecule has 22 heavy (non-hydrogen) atoms. The van der Waals surface area contributed by atoms with Crippen LogP contribution in [0.2, 0.25) is 5.02 Å². The summed E-state index contributed by atoms with van der Waals surface area (Å²) < 4.78 is 0. The monoisotopic (exact) mass is 309 g/mol. The van der Waals surface area contributed by atoms with E-state index in [4.69, 9.17) is 16.9 Å². The van der Waals surface area contributed by atoms with Gasteiger partial charge in [0.2, 0.25) is 0 Å². The van der Waals surface area contributed by atoms with Crippen LogP contribution < -0.4 is 0 Å². The third-order valence-electron chi connectivity index (χ3n) is 5.06. The Labute approximate surface area is 137 Å². The van der Waals surface area contributed by atoms with Crippen molar-refractivity contribution in [3.8, 4) is 6.07 Å². The predicted molar refractivity (Wildman–Crippen MR) is 91.1 cm³/mol. The third-order valence-corrected chi connectivity index (χ3v) is 5.32. The number of nitrogens with zero attached hydrogens (tertiary/aromatic N) is 1. The van der Waals surface area contributed by atoms with Crippen molar-refractivity contribution >= 4 is 11.6 Å². The third kappa shape index (κ3) is 3.18. The Kier molecular flexibility index (Phi) is 4.50. The summed E-state index contributed by atoms with van der Waals surface area (Å²) in [5.74, 6) is 1.84. The zero-order valence-corrected chi connectivity index (χ0v) is 13.6. The number of benzene rings is 2. The van der Waals surface area contributed by atoms with Crippen LogP contribution in [0.15, 0.2) is 48.5 Å². The molecule has 3 unspecified atom stereocenters. The van der Waals surface area contributed by atoms with Crippen molar-refractivity contribution in [2.24, 2.45) is 5.92 Å². The highest BCUT2D eigenvalue weighted by Crippen LogP contribution is 2.44. The minimum Gasteiger partial charge on any atom is -0.192 e. The average molecular weight is 310 g/mol. The van der Waals surface area contributed by atoms with Crippen LogP contribution in [0.25, 0.3) is 0 Å². The van der Waals surface area contributed by atoms with E-state index in [1.165, 1.54) is 30.4 Å². The van der Waals surface area contributed by atoms with Gasteiger partial charge in [-0.3, -0.25) is 0 Å². The van der Waals surface area contributed by atoms with Gasteiger partial charge >= 0.3 is 0 Å². The predicted octanol–water partition coefficient (Wildman–Crippen LogP) is 5.90. The largest absolute Gasteiger partial charge is 0.192 e. The van der Waals surface area contributed by atoms with Crippen LogP contribution in [-0.2, 0) is 0 Å². The topological polar surface area (TPSA) is 23.8 Å². The van der Waals surface area contributed by atoms with E-state index in [0.717, 1.165) is 10.6 Å². The second-order valence-electron chi connectivity index (χ2n) is 6.35. The molecule has 0 radical (unpaired) electrons. The van der Waals surface area contributed by atoms with Gasteiger partial charge in [-0.1, -0.05) is 42.8 Å². The summed E-state index contributed by atoms with van der Waals surface area (Å²) in [6.45, 7) is 2.30. The zero-order valence-electron chi connectivity index (χ0n) is 12.8. The van der Waals surface area contributed by atoms with E-state index in [0.29, 0.717) is 17.8 Å². The molecule has 0 spiro atoms. The van der Waals surface area contributed by atoms with E-state index in [1.807, 2.05) is 30.3 Å². The molecule has 2 heteroatoms. The maximum Gasteiger partial charge on any atom is 0.0991 e. The van der Waals surface area contributed by atoms with Crippen LogP contribution >= 0.6 is 11.6 Å². The molecule has 0 aromatic heterocycles. The van der Waals surface area contributed by atoms with Gasteiger partial charge in [0, 0.05) is 5.02 Å². The van der Waals surface area contributed by atoms with Crippen LogP contribution in [-0.4, -0.2) is 0 Å². The molecule has 0 aliphatic heterocycles. The van der Waals surface area contributed by atoms with Gasteiger partial charge < -0.3 is 0 Å². The molecule has 1 aliphatic carbocycles. The van der Waals surface area contributed by atoms with Gasteiger partial charge in [-0.15, -0.1) is 0 Å². The molecule has 0 bridgehead atoms. The number of nitriles is 1. The molecule has 2 aromatic carbocycles. The van der Waals surface area contributed by atoms with Crippen molar-refractivity contribution in [1.29, 1.82) is 5.26 Å². The van der Waals surface area contributed by atoms with Gasteiger partial charge in [-0.2, -0.15) is 5.26 Å². The van der Waals surface area contributed by atoms with Crippen molar-refractivity contribution in [3.63, 3.8) is 0 Å². The van der Waals surface area contributed by atoms with Crippen LogP contribution in [0.5, 0.6) is 0 Å². The lowest BCUT2D eigenvalue weighted by Gasteiger charge is -2.20. The Morgan fingerprint density at radius 3 is 2.64 bits per heavy atom. The van der Waals surface area contributed by atoms with E-state index >= 15 is 0 Å². The Morgan fingerprint density at radius 2 is 1.91 bits per heavy atom. The van der Waals surface area contributed by atoms with Crippen molar-refractivity contribution in [2.75, 3.05) is 0 Å². The standard InChI is InChI=1S/C20H20ClN/c1-14(17-4-2-3-15(11-17)13-22)18-5-6-19(12-18)16-7-9-20(21)10-8-16/h2-4,7-11,14,18-19H,5-6,12H2,1H3. The van der Waals surface area contributed by atoms with Crippen molar-refractivity contribution in [1.82, 2.24) is 0 Å². The van der Waals surface area contributed by atoms with Crippen LogP contribution in [0.1, 0.15) is 54.7 Å². The summed E-state index contributed by atoms with van der Waals surface area (Å²) in [4.78, 5) is 0. The molecule has 3 atom stereocenters. The Balaban J connectivity index is 1.71. The summed E-state index contributed by atoms with van der Waals surface area (Å²) in [6.07, 6.45) is 3.72. The molecule has 3 rings (SSSR count). The highest BCUT2D eigenvalue weighted by molar-refractivity contribution is 6.30. The molecule has 0 saturated heterocycles. The van der Waals surface area contributed by atoms with Crippen LogP contribution in [0.4, 0.5) is 0 Å². The molecule has 112 valence electrons. The summed E-state index contributed by atoms with van der Waals surface area (Å²) in [6, 6.07) is 18.6. The maximum absolute atomic E-state index is 9.06. The fourth-order valence-electron chi connectivity index (χ4n) is 3.67. The van der Waals surface area contributed by atoms with Gasteiger partial charge in [0.25, 0.3) is 0 Å². The first kappa shape index (κ1) is 15.1. The number of rotatable bonds is 3. The van der Waals surface area contributed by atoms with E-state index in [1.54, 1.807) is 0 Å². The van der Waals surface area contributed by atoms with Gasteiger partial charge in [-0.25, -0.2) is 0 Å². The summed E-state index contributed by atoms with van der Waals surface area (Å²) in [7, 11) is 0. The number of hydrogen-bond acceptors (Lipinski definition) is 1. The highest BCUT2D eigenvalue weighted by Gasteiger charge is 2.30. The first-order valence-electron chi connectivity index (χ1n) is 7.93. The summed E-state index contributed by atoms with van der Waals surface area (Å²) in [5.41, 5.74) is 3.46. The molecule has 1 fully saturated rings. The molecule has 2 aromatic rings. The minimum absolute atomic E-state index is 0.505. The molecule has 0 N–H and O–H groups in total. The maximum atomic E-state index is 9.06. The smallest absolute Gasteiger partial charge is 0.0991 e. The quantitative estimate of drug-likeness (QED) is 0.692. The van der Waals surface area contributed by atoms with E-state index in [2.05, 4.69) is 31.2 Å². The molecule has 1 aliphatic rings. The minimum atomic E-state index is 0.505. The Bertz CT molecular complexity index is 684. The Morgan fingerprint density at radius 1 is 1.14 bits per heavy atom. The van der Waals surface area contributed by atoms with Crippen molar-refractivity contribution in [3.05, 3.63) is 70.2 Å². The van der Waals surface area contributed by atoms with E-state index in [-0.39, 0.29) is 0 Å². The fourth-order valence-corrected chi connectivity index (χ4v) is 3.80. The second kappa shape index (κ2) is 6.55. The van der Waals surface area contributed by atoms with E-state index < -0.39 is 0 Å². The van der Waals surface area contributed by atoms with Gasteiger partial charge in [0.15, 0.2) is 0 Å². The molecular formula is C20H20ClN. The Hall–Kier alpha value is -1.78. The van der Waals surface area contributed by atoms with Gasteiger partial charge in [-0.05, 0) is 72.4 Å². The summed E-state index contributed by atoms with van der Waals surface area (Å²) in [5, 5.41) is 9.87. The second-order valence-corrected chi connectivity index (χ2v) is 6.78. The zero-order chi connectivity index (χ0) is 15.5. The first-order valence-corrected chi connectivity index (χ1v) is 8.30. The molecule has 0 amide bonds. The molecule has 1 nitrogen and oxygen atoms in total. The van der Waals surface area contributed by atoms with Crippen molar-refractivity contribution in [2.45, 2.75) is 38.0 Å². The normalized spacial score (nSPS) is 22.2. The molecule has 1 saturated carbocycles. The molecule has 0 heterocycles. The van der Waals surface area contributed by atoms with Crippen LogP contribution in [0, 0.1) is 17.2 Å². The van der Waals surface area contributed by atoms with Crippen LogP contribution in [0.3, 0.4) is 0 Å². The summed E-state index contributed by atoms with van der Waals surface area (Å²) >= 11 is 5.98. The fraction of sp³-hybridized carbons (Fsp3) is 0.350. The first-order chi connectivity index (χ1) is 10.7. The van der Waals surface area contributed by atoms with Gasteiger partial charge in [0.1, 0.15) is 0 Å². The highest BCUT2D eigenvalue weighted by atomic mass is 35.5. The SMILES string of the molecule is CC(c1cccc(C#N)c1)C1CCC(c2ccc(Cl)cc2)C1. The number of halogens is 1. The average Bonchev–Trinajstić information content (AvgIpc) is 3.05.